The van der Waals surface area contributed by atoms with Gasteiger partial charge in [0.1, 0.15) is 0 Å². The Kier molecular flexibility index (Phi) is 4.74. The van der Waals surface area contributed by atoms with Crippen LogP contribution in [0.2, 0.25) is 10.0 Å². The van der Waals surface area contributed by atoms with Crippen molar-refractivity contribution >= 4 is 41.1 Å². The van der Waals surface area contributed by atoms with E-state index < -0.39 is 0 Å². The number of carbonyl (C=O) groups excluding carboxylic acids is 1. The summed E-state index contributed by atoms with van der Waals surface area (Å²) in [7, 11) is 2.09. The molecule has 132 valence electrons. The van der Waals surface area contributed by atoms with E-state index in [1.54, 1.807) is 0 Å². The van der Waals surface area contributed by atoms with Crippen LogP contribution in [0.4, 0.5) is 0 Å². The monoisotopic (exact) mass is 383 g/mol. The van der Waals surface area contributed by atoms with Gasteiger partial charge >= 0.3 is 0 Å². The van der Waals surface area contributed by atoms with E-state index in [0.29, 0.717) is 10.0 Å². The number of carbonyl (C=O) groups is 1. The third-order valence-electron chi connectivity index (χ3n) is 5.37. The molecular formula is C22H19Cl2NO. The number of hydrogen-bond donors (Lipinski definition) is 0. The fourth-order valence-corrected chi connectivity index (χ4v) is 4.38. The molecular weight excluding hydrogens is 365 g/mol. The van der Waals surface area contributed by atoms with Gasteiger partial charge in [-0.25, -0.2) is 0 Å². The molecule has 0 amide bonds. The van der Waals surface area contributed by atoms with Crippen LogP contribution >= 0.6 is 23.2 Å². The predicted octanol–water partition coefficient (Wildman–Crippen LogP) is 5.51. The van der Waals surface area contributed by atoms with E-state index in [0.717, 1.165) is 35.1 Å². The third kappa shape index (κ3) is 3.03. The Balaban J connectivity index is 1.81. The molecule has 2 aliphatic heterocycles. The van der Waals surface area contributed by atoms with Crippen LogP contribution in [-0.2, 0) is 4.79 Å². The van der Waals surface area contributed by atoms with Gasteiger partial charge < -0.3 is 0 Å². The molecule has 0 saturated carbocycles. The average Bonchev–Trinajstić information content (AvgIpc) is 2.94. The summed E-state index contributed by atoms with van der Waals surface area (Å²) in [6, 6.07) is 15.6. The number of Topliss-reactive ketones (excluding diaryl/α,β-unsaturated/α-hetero) is 1. The maximum atomic E-state index is 13.3. The number of ketones is 1. The molecule has 2 aromatic rings. The molecule has 2 aromatic carbocycles. The van der Waals surface area contributed by atoms with Crippen LogP contribution in [0.5, 0.6) is 0 Å². The highest BCUT2D eigenvalue weighted by atomic mass is 35.5. The van der Waals surface area contributed by atoms with Crippen molar-refractivity contribution in [1.82, 2.24) is 4.90 Å². The van der Waals surface area contributed by atoms with Crippen LogP contribution in [0.1, 0.15) is 24.0 Å². The van der Waals surface area contributed by atoms with Gasteiger partial charge in [0, 0.05) is 33.3 Å². The second kappa shape index (κ2) is 7.03. The first-order valence-corrected chi connectivity index (χ1v) is 9.50. The molecule has 26 heavy (non-hydrogen) atoms. The Bertz CT molecular complexity index is 858. The predicted molar refractivity (Wildman–Crippen MR) is 108 cm³/mol. The molecule has 0 unspecified atom stereocenters. The molecule has 2 aliphatic rings. The van der Waals surface area contributed by atoms with Crippen molar-refractivity contribution < 1.29 is 4.79 Å². The molecule has 0 radical (unpaired) electrons. The zero-order valence-corrected chi connectivity index (χ0v) is 16.0. The molecule has 0 aliphatic carbocycles. The summed E-state index contributed by atoms with van der Waals surface area (Å²) in [5.41, 5.74) is 3.39. The van der Waals surface area contributed by atoms with Gasteiger partial charge in [-0.2, -0.15) is 0 Å². The molecule has 2 fully saturated rings. The zero-order valence-electron chi connectivity index (χ0n) is 14.5. The summed E-state index contributed by atoms with van der Waals surface area (Å²) < 4.78 is 0. The first-order valence-electron chi connectivity index (χ1n) is 8.75. The minimum atomic E-state index is 0.107. The number of nitrogens with zero attached hydrogens (tertiary/aromatic N) is 1. The number of fused-ring (bicyclic) bond motifs is 2. The zero-order chi connectivity index (χ0) is 18.3. The van der Waals surface area contributed by atoms with Crippen molar-refractivity contribution in [2.24, 2.45) is 0 Å². The molecule has 2 saturated heterocycles. The Labute approximate surface area is 163 Å². The molecule has 0 N–H and O–H groups in total. The largest absolute Gasteiger partial charge is 0.292 e. The van der Waals surface area contributed by atoms with E-state index in [2.05, 4.69) is 11.9 Å². The number of rotatable bonds is 2. The van der Waals surface area contributed by atoms with E-state index in [1.165, 1.54) is 0 Å². The lowest BCUT2D eigenvalue weighted by Gasteiger charge is -2.34. The molecule has 2 nitrogen and oxygen atoms in total. The third-order valence-corrected chi connectivity index (χ3v) is 6.06. The second-order valence-electron chi connectivity index (χ2n) is 6.85. The Morgan fingerprint density at radius 2 is 1.27 bits per heavy atom. The minimum Gasteiger partial charge on any atom is -0.292 e. The average molecular weight is 384 g/mol. The van der Waals surface area contributed by atoms with Gasteiger partial charge in [-0.05, 0) is 55.3 Å². The van der Waals surface area contributed by atoms with Crippen LogP contribution in [0.3, 0.4) is 0 Å². The van der Waals surface area contributed by atoms with Crippen molar-refractivity contribution in [2.75, 3.05) is 7.05 Å². The van der Waals surface area contributed by atoms with Crippen molar-refractivity contribution in [2.45, 2.75) is 24.9 Å². The fraction of sp³-hybridized carbons (Fsp3) is 0.227. The first kappa shape index (κ1) is 17.5. The summed E-state index contributed by atoms with van der Waals surface area (Å²) in [5.74, 6) is 0.107. The van der Waals surface area contributed by atoms with Gasteiger partial charge in [0.25, 0.3) is 0 Å². The molecule has 0 spiro atoms. The molecule has 2 bridgehead atoms. The van der Waals surface area contributed by atoms with Gasteiger partial charge in [0.2, 0.25) is 0 Å². The van der Waals surface area contributed by atoms with Crippen LogP contribution in [-0.4, -0.2) is 29.8 Å². The second-order valence-corrected chi connectivity index (χ2v) is 7.66. The standard InChI is InChI=1S/C22H19Cl2NO/c1-25-20-10-11-21(25)17(13-15-7-3-5-9-19(15)24)22(26)16(20)12-14-6-2-4-8-18(14)23/h2-9,12-13,20-21H,10-11H2,1H3/b16-12-,17-13+/t20-,21-/m0/s1. The van der Waals surface area contributed by atoms with Gasteiger partial charge in [-0.1, -0.05) is 59.6 Å². The Hall–Kier alpha value is -1.87. The molecule has 2 heterocycles. The Morgan fingerprint density at radius 3 is 1.69 bits per heavy atom. The summed E-state index contributed by atoms with van der Waals surface area (Å²) in [5, 5.41) is 1.32. The van der Waals surface area contributed by atoms with Crippen LogP contribution in [0.25, 0.3) is 12.2 Å². The smallest absolute Gasteiger partial charge is 0.188 e. The highest BCUT2D eigenvalue weighted by Crippen LogP contribution is 2.41. The number of likely N-dealkylation sites (N-methyl/N-ethyl adjacent to an activating group) is 1. The molecule has 0 aromatic heterocycles. The normalized spacial score (nSPS) is 26.0. The van der Waals surface area contributed by atoms with E-state index in [4.69, 9.17) is 23.2 Å². The van der Waals surface area contributed by atoms with Crippen molar-refractivity contribution in [3.63, 3.8) is 0 Å². The van der Waals surface area contributed by atoms with E-state index in [9.17, 15) is 4.79 Å². The number of benzene rings is 2. The van der Waals surface area contributed by atoms with Crippen molar-refractivity contribution in [3.8, 4) is 0 Å². The molecule has 4 rings (SSSR count). The summed E-state index contributed by atoms with van der Waals surface area (Å²) in [4.78, 5) is 15.6. The maximum absolute atomic E-state index is 13.3. The van der Waals surface area contributed by atoms with Crippen molar-refractivity contribution in [3.05, 3.63) is 80.8 Å². The molecule has 4 heteroatoms. The fourth-order valence-electron chi connectivity index (χ4n) is 4.00. The van der Waals surface area contributed by atoms with Crippen LogP contribution in [0, 0.1) is 0 Å². The quantitative estimate of drug-likeness (QED) is 0.637. The van der Waals surface area contributed by atoms with Gasteiger partial charge in [0.05, 0.1) is 0 Å². The maximum Gasteiger partial charge on any atom is 0.188 e. The number of halogens is 2. The van der Waals surface area contributed by atoms with Crippen LogP contribution in [0.15, 0.2) is 59.7 Å². The highest BCUT2D eigenvalue weighted by Gasteiger charge is 2.44. The summed E-state index contributed by atoms with van der Waals surface area (Å²) in [6.07, 6.45) is 5.85. The summed E-state index contributed by atoms with van der Waals surface area (Å²) >= 11 is 12.6. The SMILES string of the molecule is CN1[C@H]2CC[C@H]1/C(=C\c1ccccc1Cl)C(=O)/C2=C\c1ccccc1Cl. The van der Waals surface area contributed by atoms with Gasteiger partial charge in [-0.15, -0.1) is 0 Å². The highest BCUT2D eigenvalue weighted by molar-refractivity contribution is 6.33. The molecule has 2 atom stereocenters. The minimum absolute atomic E-state index is 0.107. The van der Waals surface area contributed by atoms with Gasteiger partial charge in [-0.3, -0.25) is 9.69 Å². The lowest BCUT2D eigenvalue weighted by molar-refractivity contribution is -0.114. The topological polar surface area (TPSA) is 20.3 Å². The lowest BCUT2D eigenvalue weighted by Crippen LogP contribution is -2.43. The Morgan fingerprint density at radius 1 is 0.846 bits per heavy atom. The van der Waals surface area contributed by atoms with E-state index in [1.807, 2.05) is 60.7 Å². The van der Waals surface area contributed by atoms with E-state index >= 15 is 0 Å². The lowest BCUT2D eigenvalue weighted by atomic mass is 9.88. The summed E-state index contributed by atoms with van der Waals surface area (Å²) in [6.45, 7) is 0. The van der Waals surface area contributed by atoms with Crippen LogP contribution < -0.4 is 0 Å². The van der Waals surface area contributed by atoms with E-state index in [-0.39, 0.29) is 17.9 Å². The number of hydrogen-bond acceptors (Lipinski definition) is 2. The first-order chi connectivity index (χ1) is 12.6. The van der Waals surface area contributed by atoms with Crippen molar-refractivity contribution in [1.29, 1.82) is 0 Å². The number of piperidine rings is 1. The van der Waals surface area contributed by atoms with Gasteiger partial charge in [0.15, 0.2) is 5.78 Å².